The predicted molar refractivity (Wildman–Crippen MR) is 38.1 cm³/mol. The molecule has 0 amide bonds. The van der Waals surface area contributed by atoms with Crippen molar-refractivity contribution < 1.29 is 9.15 Å². The van der Waals surface area contributed by atoms with Crippen LogP contribution in [0.3, 0.4) is 0 Å². The third-order valence-electron chi connectivity index (χ3n) is 1.60. The summed E-state index contributed by atoms with van der Waals surface area (Å²) in [6, 6.07) is 1.18. The molecule has 1 heterocycles. The Morgan fingerprint density at radius 2 is 1.89 bits per heavy atom. The molecule has 3 heteroatoms. The van der Waals surface area contributed by atoms with Gasteiger partial charge < -0.3 is 0 Å². The Bertz CT molecular complexity index is 91.1. The lowest BCUT2D eigenvalue weighted by molar-refractivity contribution is 0.0850. The summed E-state index contributed by atoms with van der Waals surface area (Å²) in [5, 5.41) is 0. The summed E-state index contributed by atoms with van der Waals surface area (Å²) < 4.78 is 9.76. The fourth-order valence-electron chi connectivity index (χ4n) is 0.851. The Kier molecular flexibility index (Phi) is 2.27. The maximum Gasteiger partial charge on any atom is 0.403 e. The SMILES string of the molecule is CCCCC[Si]1(C)OO1. The Labute approximate surface area is 57.3 Å². The second-order valence-corrected chi connectivity index (χ2v) is 5.86. The normalized spacial score (nSPS) is 22.0. The highest BCUT2D eigenvalue weighted by molar-refractivity contribution is 6.70. The molecule has 9 heavy (non-hydrogen) atoms. The van der Waals surface area contributed by atoms with Gasteiger partial charge in [-0.2, -0.15) is 0 Å². The molecule has 0 radical (unpaired) electrons. The molecular formula is C6H14O2Si. The third kappa shape index (κ3) is 2.47. The van der Waals surface area contributed by atoms with Gasteiger partial charge in [-0.1, -0.05) is 26.2 Å². The molecule has 0 atom stereocenters. The maximum atomic E-state index is 4.88. The highest BCUT2D eigenvalue weighted by Gasteiger charge is 2.47. The zero-order chi connectivity index (χ0) is 6.74. The molecule has 0 unspecified atom stereocenters. The minimum atomic E-state index is -1.44. The van der Waals surface area contributed by atoms with Gasteiger partial charge in [-0.3, -0.25) is 9.15 Å². The average Bonchev–Trinajstić information content (AvgIpc) is 2.50. The second-order valence-electron chi connectivity index (χ2n) is 2.76. The summed E-state index contributed by atoms with van der Waals surface area (Å²) in [5.41, 5.74) is 0. The van der Waals surface area contributed by atoms with E-state index in [9.17, 15) is 0 Å². The van der Waals surface area contributed by atoms with Crippen LogP contribution in [0.2, 0.25) is 12.6 Å². The Hall–Kier alpha value is 0.137. The van der Waals surface area contributed by atoms with E-state index in [0.717, 1.165) is 0 Å². The standard InChI is InChI=1S/C6H14O2Si/c1-3-4-5-6-9(2)7-8-9/h3-6H2,1-2H3. The van der Waals surface area contributed by atoms with Gasteiger partial charge in [0.1, 0.15) is 0 Å². The quantitative estimate of drug-likeness (QED) is 0.263. The van der Waals surface area contributed by atoms with Gasteiger partial charge >= 0.3 is 8.56 Å². The molecule has 0 aliphatic carbocycles. The van der Waals surface area contributed by atoms with Crippen molar-refractivity contribution in [2.24, 2.45) is 0 Å². The molecule has 1 aliphatic heterocycles. The van der Waals surface area contributed by atoms with Crippen molar-refractivity contribution in [3.8, 4) is 0 Å². The minimum absolute atomic E-state index is 1.18. The molecule has 1 aliphatic rings. The summed E-state index contributed by atoms with van der Waals surface area (Å²) in [5.74, 6) is 0. The molecular weight excluding hydrogens is 132 g/mol. The Morgan fingerprint density at radius 1 is 1.22 bits per heavy atom. The molecule has 0 saturated carbocycles. The topological polar surface area (TPSA) is 25.1 Å². The molecule has 0 spiro atoms. The summed E-state index contributed by atoms with van der Waals surface area (Å²) in [6.07, 6.45) is 3.87. The molecule has 0 N–H and O–H groups in total. The lowest BCUT2D eigenvalue weighted by Crippen LogP contribution is -2.08. The average molecular weight is 146 g/mol. The van der Waals surface area contributed by atoms with Crippen LogP contribution in [0.1, 0.15) is 26.2 Å². The van der Waals surface area contributed by atoms with Gasteiger partial charge in [-0.05, 0) is 12.6 Å². The summed E-state index contributed by atoms with van der Waals surface area (Å²) in [7, 11) is -1.44. The van der Waals surface area contributed by atoms with Crippen LogP contribution in [0.5, 0.6) is 0 Å². The Morgan fingerprint density at radius 3 is 2.33 bits per heavy atom. The smallest absolute Gasteiger partial charge is 0.257 e. The molecule has 54 valence electrons. The lowest BCUT2D eigenvalue weighted by atomic mass is 10.3. The van der Waals surface area contributed by atoms with Crippen molar-refractivity contribution in [3.05, 3.63) is 0 Å². The van der Waals surface area contributed by atoms with Gasteiger partial charge in [0.2, 0.25) is 0 Å². The molecule has 1 fully saturated rings. The maximum absolute atomic E-state index is 4.88. The van der Waals surface area contributed by atoms with Crippen LogP contribution >= 0.6 is 0 Å². The predicted octanol–water partition coefficient (Wildman–Crippen LogP) is 2.21. The Balaban J connectivity index is 1.92. The molecule has 0 aromatic carbocycles. The highest BCUT2D eigenvalue weighted by Crippen LogP contribution is 2.29. The van der Waals surface area contributed by atoms with E-state index < -0.39 is 8.56 Å². The van der Waals surface area contributed by atoms with Crippen LogP contribution in [-0.2, 0) is 9.15 Å². The zero-order valence-electron chi connectivity index (χ0n) is 6.14. The minimum Gasteiger partial charge on any atom is -0.257 e. The summed E-state index contributed by atoms with van der Waals surface area (Å²) in [6.45, 7) is 4.32. The van der Waals surface area contributed by atoms with Crippen molar-refractivity contribution in [1.82, 2.24) is 0 Å². The van der Waals surface area contributed by atoms with Crippen molar-refractivity contribution in [2.75, 3.05) is 0 Å². The third-order valence-corrected chi connectivity index (χ3v) is 3.60. The van der Waals surface area contributed by atoms with Crippen molar-refractivity contribution in [3.63, 3.8) is 0 Å². The van der Waals surface area contributed by atoms with E-state index >= 15 is 0 Å². The van der Waals surface area contributed by atoms with E-state index in [2.05, 4.69) is 13.5 Å². The molecule has 0 bridgehead atoms. The molecule has 1 saturated heterocycles. The first-order valence-corrected chi connectivity index (χ1v) is 6.16. The first-order chi connectivity index (χ1) is 4.27. The first-order valence-electron chi connectivity index (χ1n) is 3.64. The van der Waals surface area contributed by atoms with Crippen LogP contribution in [-0.4, -0.2) is 8.56 Å². The van der Waals surface area contributed by atoms with Crippen LogP contribution in [0.15, 0.2) is 0 Å². The van der Waals surface area contributed by atoms with Gasteiger partial charge in [0.15, 0.2) is 0 Å². The molecule has 1 rings (SSSR count). The molecule has 0 aromatic rings. The second kappa shape index (κ2) is 2.81. The van der Waals surface area contributed by atoms with E-state index in [0.29, 0.717) is 0 Å². The van der Waals surface area contributed by atoms with Gasteiger partial charge in [0, 0.05) is 0 Å². The van der Waals surface area contributed by atoms with Crippen LogP contribution in [0.4, 0.5) is 0 Å². The number of hydrogen-bond acceptors (Lipinski definition) is 2. The van der Waals surface area contributed by atoms with Crippen molar-refractivity contribution >= 4 is 8.56 Å². The first kappa shape index (κ1) is 7.25. The lowest BCUT2D eigenvalue weighted by Gasteiger charge is -1.93. The number of rotatable bonds is 4. The van der Waals surface area contributed by atoms with Crippen molar-refractivity contribution in [2.45, 2.75) is 38.8 Å². The zero-order valence-corrected chi connectivity index (χ0v) is 7.14. The highest BCUT2D eigenvalue weighted by atomic mass is 28.4. The van der Waals surface area contributed by atoms with Crippen molar-refractivity contribution in [1.29, 1.82) is 0 Å². The fourth-order valence-corrected chi connectivity index (χ4v) is 2.48. The van der Waals surface area contributed by atoms with E-state index in [1.807, 2.05) is 0 Å². The van der Waals surface area contributed by atoms with E-state index in [1.54, 1.807) is 0 Å². The summed E-state index contributed by atoms with van der Waals surface area (Å²) >= 11 is 0. The van der Waals surface area contributed by atoms with E-state index in [1.165, 1.54) is 25.3 Å². The van der Waals surface area contributed by atoms with Gasteiger partial charge in [0.05, 0.1) is 0 Å². The van der Waals surface area contributed by atoms with E-state index in [4.69, 9.17) is 9.15 Å². The van der Waals surface area contributed by atoms with Gasteiger partial charge in [-0.15, -0.1) is 0 Å². The van der Waals surface area contributed by atoms with E-state index in [-0.39, 0.29) is 0 Å². The molecule has 2 nitrogen and oxygen atoms in total. The van der Waals surface area contributed by atoms with Gasteiger partial charge in [0.25, 0.3) is 0 Å². The monoisotopic (exact) mass is 146 g/mol. The van der Waals surface area contributed by atoms with Gasteiger partial charge in [-0.25, -0.2) is 0 Å². The van der Waals surface area contributed by atoms with Crippen LogP contribution < -0.4 is 0 Å². The number of unbranched alkanes of at least 4 members (excludes halogenated alkanes) is 2. The van der Waals surface area contributed by atoms with Crippen LogP contribution in [0, 0.1) is 0 Å². The van der Waals surface area contributed by atoms with Crippen LogP contribution in [0.25, 0.3) is 0 Å². The largest absolute Gasteiger partial charge is 0.403 e. The molecule has 0 aromatic heterocycles. The fraction of sp³-hybridized carbons (Fsp3) is 1.00. The summed E-state index contributed by atoms with van der Waals surface area (Å²) in [4.78, 5) is 0. The number of hydrogen-bond donors (Lipinski definition) is 0.